The second-order valence-electron chi connectivity index (χ2n) is 3.77. The van der Waals surface area contributed by atoms with E-state index in [1.165, 1.54) is 12.3 Å². The predicted octanol–water partition coefficient (Wildman–Crippen LogP) is 3.31. The van der Waals surface area contributed by atoms with Gasteiger partial charge in [-0.3, -0.25) is 4.98 Å². The zero-order valence-corrected chi connectivity index (χ0v) is 8.77. The lowest BCUT2D eigenvalue weighted by molar-refractivity contribution is 0.0808. The van der Waals surface area contributed by atoms with Gasteiger partial charge in [-0.2, -0.15) is 8.78 Å². The van der Waals surface area contributed by atoms with E-state index in [1.807, 2.05) is 0 Å². The zero-order valence-electron chi connectivity index (χ0n) is 8.77. The molecule has 0 fully saturated rings. The SMILES string of the molecule is FC1(F)C(c2ccccn2)=Nc2ccccc21. The van der Waals surface area contributed by atoms with Crippen LogP contribution >= 0.6 is 0 Å². The molecule has 1 aromatic heterocycles. The minimum atomic E-state index is -3.06. The number of alkyl halides is 2. The number of benzene rings is 1. The smallest absolute Gasteiger partial charge is 0.255 e. The summed E-state index contributed by atoms with van der Waals surface area (Å²) in [6.07, 6.45) is 1.48. The Balaban J connectivity index is 2.17. The Morgan fingerprint density at radius 3 is 2.41 bits per heavy atom. The molecule has 2 nitrogen and oxygen atoms in total. The van der Waals surface area contributed by atoms with Crippen molar-refractivity contribution in [2.75, 3.05) is 0 Å². The first kappa shape index (κ1) is 10.1. The van der Waals surface area contributed by atoms with Crippen molar-refractivity contribution in [3.8, 4) is 0 Å². The fourth-order valence-electron chi connectivity index (χ4n) is 1.88. The van der Waals surface area contributed by atoms with E-state index in [-0.39, 0.29) is 17.0 Å². The van der Waals surface area contributed by atoms with Gasteiger partial charge < -0.3 is 0 Å². The summed E-state index contributed by atoms with van der Waals surface area (Å²) in [5.74, 6) is -3.06. The van der Waals surface area contributed by atoms with E-state index in [1.54, 1.807) is 36.4 Å². The van der Waals surface area contributed by atoms with Gasteiger partial charge in [0.05, 0.1) is 16.9 Å². The number of nitrogens with zero attached hydrogens (tertiary/aromatic N) is 2. The third-order valence-corrected chi connectivity index (χ3v) is 2.68. The fourth-order valence-corrected chi connectivity index (χ4v) is 1.88. The lowest BCUT2D eigenvalue weighted by Crippen LogP contribution is -2.23. The van der Waals surface area contributed by atoms with Gasteiger partial charge in [-0.15, -0.1) is 0 Å². The van der Waals surface area contributed by atoms with Crippen molar-refractivity contribution in [3.05, 3.63) is 59.9 Å². The van der Waals surface area contributed by atoms with Crippen molar-refractivity contribution in [3.63, 3.8) is 0 Å². The number of fused-ring (bicyclic) bond motifs is 1. The average Bonchev–Trinajstić information content (AvgIpc) is 2.63. The maximum absolute atomic E-state index is 14.1. The molecule has 3 rings (SSSR count). The Labute approximate surface area is 96.7 Å². The van der Waals surface area contributed by atoms with E-state index >= 15 is 0 Å². The molecule has 0 atom stereocenters. The minimum absolute atomic E-state index is 0.0550. The molecule has 1 aliphatic heterocycles. The lowest BCUT2D eigenvalue weighted by Gasteiger charge is -2.12. The van der Waals surface area contributed by atoms with Crippen LogP contribution in [0.2, 0.25) is 0 Å². The molecule has 0 unspecified atom stereocenters. The topological polar surface area (TPSA) is 25.2 Å². The first-order valence-electron chi connectivity index (χ1n) is 5.17. The number of hydrogen-bond donors (Lipinski definition) is 0. The van der Waals surface area contributed by atoms with Gasteiger partial charge in [0.25, 0.3) is 0 Å². The molecule has 0 saturated heterocycles. The highest BCUT2D eigenvalue weighted by Crippen LogP contribution is 2.43. The number of rotatable bonds is 1. The molecule has 84 valence electrons. The molecular weight excluding hydrogens is 222 g/mol. The highest BCUT2D eigenvalue weighted by Gasteiger charge is 2.45. The van der Waals surface area contributed by atoms with E-state index < -0.39 is 5.92 Å². The molecule has 0 spiro atoms. The monoisotopic (exact) mass is 230 g/mol. The summed E-state index contributed by atoms with van der Waals surface area (Å²) in [7, 11) is 0. The highest BCUT2D eigenvalue weighted by atomic mass is 19.3. The van der Waals surface area contributed by atoms with E-state index in [9.17, 15) is 8.78 Å². The van der Waals surface area contributed by atoms with Crippen LogP contribution < -0.4 is 0 Å². The molecule has 2 aromatic rings. The van der Waals surface area contributed by atoms with Crippen molar-refractivity contribution >= 4 is 11.4 Å². The van der Waals surface area contributed by atoms with Crippen LogP contribution in [0.3, 0.4) is 0 Å². The second kappa shape index (κ2) is 3.45. The molecule has 4 heteroatoms. The number of hydrogen-bond acceptors (Lipinski definition) is 2. The Kier molecular flexibility index (Phi) is 2.04. The summed E-state index contributed by atoms with van der Waals surface area (Å²) in [6.45, 7) is 0. The third kappa shape index (κ3) is 1.45. The summed E-state index contributed by atoms with van der Waals surface area (Å²) >= 11 is 0. The Hall–Kier alpha value is -2.10. The Morgan fingerprint density at radius 1 is 0.941 bits per heavy atom. The van der Waals surface area contributed by atoms with Crippen LogP contribution in [0.25, 0.3) is 0 Å². The van der Waals surface area contributed by atoms with Crippen LogP contribution in [0.4, 0.5) is 14.5 Å². The number of pyridine rings is 1. The standard InChI is InChI=1S/C13H8F2N2/c14-13(15)9-5-1-2-6-10(9)17-12(13)11-7-3-4-8-16-11/h1-8H. The molecule has 0 aliphatic carbocycles. The molecule has 1 aromatic carbocycles. The predicted molar refractivity (Wildman–Crippen MR) is 60.8 cm³/mol. The van der Waals surface area contributed by atoms with Crippen LogP contribution in [0.5, 0.6) is 0 Å². The van der Waals surface area contributed by atoms with Crippen molar-refractivity contribution in [2.45, 2.75) is 5.92 Å². The van der Waals surface area contributed by atoms with E-state index in [0.29, 0.717) is 5.69 Å². The quantitative estimate of drug-likeness (QED) is 0.737. The fraction of sp³-hybridized carbons (Fsp3) is 0.0769. The van der Waals surface area contributed by atoms with Gasteiger partial charge >= 0.3 is 5.92 Å². The van der Waals surface area contributed by atoms with Crippen LogP contribution in [0, 0.1) is 0 Å². The summed E-state index contributed by atoms with van der Waals surface area (Å²) in [5.41, 5.74) is 0.201. The van der Waals surface area contributed by atoms with E-state index in [2.05, 4.69) is 9.98 Å². The molecular formula is C13H8F2N2. The Bertz CT molecular complexity index is 591. The summed E-state index contributed by atoms with van der Waals surface area (Å²) in [6, 6.07) is 11.2. The Morgan fingerprint density at radius 2 is 1.71 bits per heavy atom. The first-order chi connectivity index (χ1) is 8.19. The van der Waals surface area contributed by atoms with Crippen molar-refractivity contribution in [1.82, 2.24) is 4.98 Å². The van der Waals surface area contributed by atoms with Gasteiger partial charge in [-0.05, 0) is 18.2 Å². The number of para-hydroxylation sites is 1. The van der Waals surface area contributed by atoms with Crippen molar-refractivity contribution < 1.29 is 8.78 Å². The maximum Gasteiger partial charge on any atom is 0.319 e. The molecule has 17 heavy (non-hydrogen) atoms. The molecule has 0 N–H and O–H groups in total. The average molecular weight is 230 g/mol. The number of aromatic nitrogens is 1. The first-order valence-corrected chi connectivity index (χ1v) is 5.17. The molecule has 0 amide bonds. The van der Waals surface area contributed by atoms with Gasteiger partial charge in [-0.1, -0.05) is 24.3 Å². The lowest BCUT2D eigenvalue weighted by atomic mass is 10.0. The largest absolute Gasteiger partial charge is 0.319 e. The number of halogens is 2. The van der Waals surface area contributed by atoms with Gasteiger partial charge in [0.2, 0.25) is 0 Å². The normalized spacial score (nSPS) is 16.5. The van der Waals surface area contributed by atoms with Crippen LogP contribution in [-0.2, 0) is 5.92 Å². The maximum atomic E-state index is 14.1. The zero-order chi connectivity index (χ0) is 11.9. The van der Waals surface area contributed by atoms with Crippen molar-refractivity contribution in [2.24, 2.45) is 4.99 Å². The van der Waals surface area contributed by atoms with Crippen LogP contribution in [-0.4, -0.2) is 10.7 Å². The van der Waals surface area contributed by atoms with Gasteiger partial charge in [0.15, 0.2) is 0 Å². The van der Waals surface area contributed by atoms with Gasteiger partial charge in [0, 0.05) is 6.20 Å². The minimum Gasteiger partial charge on any atom is -0.255 e. The molecule has 0 bridgehead atoms. The van der Waals surface area contributed by atoms with Gasteiger partial charge in [0.1, 0.15) is 5.71 Å². The summed E-state index contributed by atoms with van der Waals surface area (Å²) < 4.78 is 28.2. The van der Waals surface area contributed by atoms with E-state index in [4.69, 9.17) is 0 Å². The molecule has 1 aliphatic rings. The van der Waals surface area contributed by atoms with Crippen LogP contribution in [0.15, 0.2) is 53.7 Å². The van der Waals surface area contributed by atoms with E-state index in [0.717, 1.165) is 0 Å². The highest BCUT2D eigenvalue weighted by molar-refractivity contribution is 6.09. The molecule has 2 heterocycles. The van der Waals surface area contributed by atoms with Crippen molar-refractivity contribution in [1.29, 1.82) is 0 Å². The number of aliphatic imine (C=N–C) groups is 1. The third-order valence-electron chi connectivity index (χ3n) is 2.68. The molecule has 0 saturated carbocycles. The second-order valence-corrected chi connectivity index (χ2v) is 3.77. The summed E-state index contributed by atoms with van der Waals surface area (Å²) in [4.78, 5) is 7.91. The van der Waals surface area contributed by atoms with Gasteiger partial charge in [-0.25, -0.2) is 4.99 Å². The molecule has 0 radical (unpaired) electrons. The van der Waals surface area contributed by atoms with Crippen LogP contribution in [0.1, 0.15) is 11.3 Å². The summed E-state index contributed by atoms with van der Waals surface area (Å²) in [5, 5.41) is 0.